The van der Waals surface area contributed by atoms with Gasteiger partial charge in [-0.15, -0.1) is 11.3 Å². The monoisotopic (exact) mass is 400 g/mol. The van der Waals surface area contributed by atoms with E-state index in [0.29, 0.717) is 12.5 Å². The Balaban J connectivity index is 1.37. The van der Waals surface area contributed by atoms with Crippen molar-refractivity contribution in [1.29, 1.82) is 0 Å². The molecule has 1 saturated heterocycles. The van der Waals surface area contributed by atoms with Crippen LogP contribution in [0.3, 0.4) is 0 Å². The first-order valence-electron chi connectivity index (χ1n) is 9.97. The van der Waals surface area contributed by atoms with Gasteiger partial charge in [-0.05, 0) is 48.1 Å². The molecule has 0 atom stereocenters. The first kappa shape index (κ1) is 19.4. The van der Waals surface area contributed by atoms with Crippen LogP contribution in [0, 0.1) is 11.8 Å². The lowest BCUT2D eigenvalue weighted by Crippen LogP contribution is -2.37. The molecule has 0 spiro atoms. The summed E-state index contributed by atoms with van der Waals surface area (Å²) in [7, 11) is 0. The fraction of sp³-hybridized carbons (Fsp3) is 0.240. The number of carbonyl (C=O) groups is 1. The molecule has 0 radical (unpaired) electrons. The van der Waals surface area contributed by atoms with Gasteiger partial charge in [0.2, 0.25) is 0 Å². The van der Waals surface area contributed by atoms with Crippen LogP contribution < -0.4 is 5.73 Å². The van der Waals surface area contributed by atoms with Crippen LogP contribution >= 0.6 is 11.3 Å². The molecule has 0 saturated carbocycles. The molecule has 3 nitrogen and oxygen atoms in total. The van der Waals surface area contributed by atoms with Gasteiger partial charge in [-0.3, -0.25) is 4.79 Å². The quantitative estimate of drug-likeness (QED) is 0.652. The number of likely N-dealkylation sites (tertiary alicyclic amines) is 1. The van der Waals surface area contributed by atoms with E-state index in [1.807, 2.05) is 46.7 Å². The van der Waals surface area contributed by atoms with Gasteiger partial charge < -0.3 is 10.6 Å². The van der Waals surface area contributed by atoms with Crippen LogP contribution in [0.1, 0.15) is 50.7 Å². The summed E-state index contributed by atoms with van der Waals surface area (Å²) in [5.74, 6) is 6.93. The Morgan fingerprint density at radius 1 is 1.00 bits per heavy atom. The summed E-state index contributed by atoms with van der Waals surface area (Å²) in [5.41, 5.74) is 10.2. The van der Waals surface area contributed by atoms with Crippen molar-refractivity contribution in [2.24, 2.45) is 5.73 Å². The van der Waals surface area contributed by atoms with Crippen molar-refractivity contribution in [2.45, 2.75) is 25.3 Å². The van der Waals surface area contributed by atoms with Crippen LogP contribution in [0.2, 0.25) is 0 Å². The summed E-state index contributed by atoms with van der Waals surface area (Å²) in [6, 6.07) is 20.3. The zero-order chi connectivity index (χ0) is 20.1. The minimum Gasteiger partial charge on any atom is -0.338 e. The Kier molecular flexibility index (Phi) is 6.09. The van der Waals surface area contributed by atoms with Crippen LogP contribution in [0.15, 0.2) is 66.0 Å². The summed E-state index contributed by atoms with van der Waals surface area (Å²) < 4.78 is 0. The maximum Gasteiger partial charge on any atom is 0.263 e. The van der Waals surface area contributed by atoms with Crippen molar-refractivity contribution in [1.82, 2.24) is 4.90 Å². The van der Waals surface area contributed by atoms with Crippen molar-refractivity contribution in [3.63, 3.8) is 0 Å². The molecular formula is C25H24N2OS. The van der Waals surface area contributed by atoms with Gasteiger partial charge in [0.05, 0.1) is 4.88 Å². The molecule has 1 aliphatic rings. The first-order valence-corrected chi connectivity index (χ1v) is 10.8. The Labute approximate surface area is 176 Å². The second-order valence-electron chi connectivity index (χ2n) is 7.33. The lowest BCUT2D eigenvalue weighted by Gasteiger charge is -2.32. The maximum atomic E-state index is 12.9. The van der Waals surface area contributed by atoms with E-state index in [1.54, 1.807) is 0 Å². The van der Waals surface area contributed by atoms with Gasteiger partial charge in [-0.1, -0.05) is 54.3 Å². The fourth-order valence-electron chi connectivity index (χ4n) is 3.73. The molecule has 1 fully saturated rings. The van der Waals surface area contributed by atoms with E-state index in [0.717, 1.165) is 41.9 Å². The topological polar surface area (TPSA) is 46.3 Å². The average Bonchev–Trinajstić information content (AvgIpc) is 3.27. The molecule has 2 aromatic carbocycles. The molecule has 29 heavy (non-hydrogen) atoms. The second-order valence-corrected chi connectivity index (χ2v) is 8.24. The maximum absolute atomic E-state index is 12.9. The summed E-state index contributed by atoms with van der Waals surface area (Å²) in [5, 5.41) is 1.97. The third kappa shape index (κ3) is 4.76. The van der Waals surface area contributed by atoms with Crippen LogP contribution in [0.4, 0.5) is 0 Å². The molecule has 3 aromatic rings. The molecule has 146 valence electrons. The molecule has 2 heterocycles. The van der Waals surface area contributed by atoms with Crippen LogP contribution in [0.25, 0.3) is 0 Å². The van der Waals surface area contributed by atoms with Crippen LogP contribution in [-0.2, 0) is 6.54 Å². The van der Waals surface area contributed by atoms with Crippen molar-refractivity contribution in [2.75, 3.05) is 13.1 Å². The number of nitrogens with two attached hydrogens (primary N) is 1. The number of piperidine rings is 1. The number of amides is 1. The van der Waals surface area contributed by atoms with Gasteiger partial charge in [0, 0.05) is 36.1 Å². The molecule has 1 aliphatic heterocycles. The number of nitrogens with zero attached hydrogens (tertiary/aromatic N) is 1. The molecule has 1 amide bonds. The zero-order valence-corrected chi connectivity index (χ0v) is 17.1. The van der Waals surface area contributed by atoms with Gasteiger partial charge in [0.25, 0.3) is 5.91 Å². The highest BCUT2D eigenvalue weighted by Crippen LogP contribution is 2.29. The Hall–Kier alpha value is -2.87. The molecule has 4 rings (SSSR count). The van der Waals surface area contributed by atoms with Crippen molar-refractivity contribution in [3.8, 4) is 11.8 Å². The van der Waals surface area contributed by atoms with Gasteiger partial charge in [-0.2, -0.15) is 0 Å². The molecule has 2 N–H and O–H groups in total. The average molecular weight is 401 g/mol. The van der Waals surface area contributed by atoms with Gasteiger partial charge in [-0.25, -0.2) is 0 Å². The summed E-state index contributed by atoms with van der Waals surface area (Å²) in [4.78, 5) is 15.6. The van der Waals surface area contributed by atoms with Crippen molar-refractivity contribution >= 4 is 17.2 Å². The SMILES string of the molecule is NCc1cccc(C2CCN(C(=O)c3cc(C#Cc4ccccc4)cs3)CC2)c1. The highest BCUT2D eigenvalue weighted by atomic mass is 32.1. The van der Waals surface area contributed by atoms with E-state index >= 15 is 0 Å². The minimum absolute atomic E-state index is 0.122. The number of benzene rings is 2. The zero-order valence-electron chi connectivity index (χ0n) is 16.3. The highest BCUT2D eigenvalue weighted by Gasteiger charge is 2.25. The van der Waals surface area contributed by atoms with E-state index in [2.05, 4.69) is 36.1 Å². The minimum atomic E-state index is 0.122. The summed E-state index contributed by atoms with van der Waals surface area (Å²) in [6.45, 7) is 2.15. The molecule has 0 unspecified atom stereocenters. The number of hydrogen-bond donors (Lipinski definition) is 1. The Bertz CT molecular complexity index is 1040. The Morgan fingerprint density at radius 2 is 1.76 bits per heavy atom. The van der Waals surface area contributed by atoms with E-state index < -0.39 is 0 Å². The molecule has 0 bridgehead atoms. The lowest BCUT2D eigenvalue weighted by molar-refractivity contribution is 0.0718. The smallest absolute Gasteiger partial charge is 0.263 e. The van der Waals surface area contributed by atoms with Crippen molar-refractivity contribution in [3.05, 3.63) is 93.2 Å². The van der Waals surface area contributed by atoms with Gasteiger partial charge >= 0.3 is 0 Å². The number of carbonyl (C=O) groups excluding carboxylic acids is 1. The lowest BCUT2D eigenvalue weighted by atomic mass is 9.88. The van der Waals surface area contributed by atoms with Gasteiger partial charge in [0.15, 0.2) is 0 Å². The fourth-order valence-corrected chi connectivity index (χ4v) is 4.53. The van der Waals surface area contributed by atoms with Crippen LogP contribution in [0.5, 0.6) is 0 Å². The molecule has 1 aromatic heterocycles. The number of rotatable bonds is 3. The first-order chi connectivity index (χ1) is 14.2. The largest absolute Gasteiger partial charge is 0.338 e. The molecule has 4 heteroatoms. The van der Waals surface area contributed by atoms with E-state index in [9.17, 15) is 4.79 Å². The Morgan fingerprint density at radius 3 is 2.52 bits per heavy atom. The number of hydrogen-bond acceptors (Lipinski definition) is 3. The van der Waals surface area contributed by atoms with Crippen LogP contribution in [-0.4, -0.2) is 23.9 Å². The molecule has 0 aliphatic carbocycles. The van der Waals surface area contributed by atoms with Crippen molar-refractivity contribution < 1.29 is 4.79 Å². The number of thiophene rings is 1. The third-order valence-corrected chi connectivity index (χ3v) is 6.29. The van der Waals surface area contributed by atoms with E-state index in [4.69, 9.17) is 5.73 Å². The predicted molar refractivity (Wildman–Crippen MR) is 119 cm³/mol. The van der Waals surface area contributed by atoms with E-state index in [-0.39, 0.29) is 5.91 Å². The summed E-state index contributed by atoms with van der Waals surface area (Å²) in [6.07, 6.45) is 1.98. The van der Waals surface area contributed by atoms with Gasteiger partial charge in [0.1, 0.15) is 0 Å². The standard InChI is InChI=1S/C25H24N2OS/c26-17-20-7-4-8-23(15-20)22-11-13-27(14-12-22)25(28)24-16-21(18-29-24)10-9-19-5-2-1-3-6-19/h1-8,15-16,18,22H,11-14,17,26H2. The predicted octanol–water partition coefficient (Wildman–Crippen LogP) is 4.63. The third-order valence-electron chi connectivity index (χ3n) is 5.38. The highest BCUT2D eigenvalue weighted by molar-refractivity contribution is 7.12. The normalized spacial score (nSPS) is 14.3. The van der Waals surface area contributed by atoms with E-state index in [1.165, 1.54) is 22.5 Å². The second kappa shape index (κ2) is 9.09. The summed E-state index contributed by atoms with van der Waals surface area (Å²) >= 11 is 1.48. The molecular weight excluding hydrogens is 376 g/mol.